The second-order valence-corrected chi connectivity index (χ2v) is 6.96. The van der Waals surface area contributed by atoms with Gasteiger partial charge in [-0.05, 0) is 74.2 Å². The van der Waals surface area contributed by atoms with Gasteiger partial charge in [-0.2, -0.15) is 0 Å². The molecule has 4 nitrogen and oxygen atoms in total. The molecule has 1 aliphatic rings. The molecule has 5 heteroatoms. The molecule has 2 aromatic rings. The Balaban J connectivity index is 1.66. The van der Waals surface area contributed by atoms with E-state index < -0.39 is 0 Å². The van der Waals surface area contributed by atoms with Crippen LogP contribution in [0.5, 0.6) is 0 Å². The van der Waals surface area contributed by atoms with Crippen molar-refractivity contribution < 1.29 is 14.0 Å². The average molecular weight is 354 g/mol. The standard InChI is InChI=1S/C21H23FN2O2/c1-14-10-15(2)12-19(11-14)23-20(25)17-4-3-9-24(13-17)21(26)16-5-7-18(22)8-6-16/h5-8,10-12,17H,3-4,9,13H2,1-2H3,(H,23,25)/t17-/m0/s1. The zero-order valence-corrected chi connectivity index (χ0v) is 15.1. The summed E-state index contributed by atoms with van der Waals surface area (Å²) < 4.78 is 13.0. The number of amides is 2. The number of piperidine rings is 1. The van der Waals surface area contributed by atoms with E-state index in [1.54, 1.807) is 4.90 Å². The molecule has 1 atom stereocenters. The summed E-state index contributed by atoms with van der Waals surface area (Å²) in [6.45, 7) is 4.98. The van der Waals surface area contributed by atoms with Crippen LogP contribution in [0.15, 0.2) is 42.5 Å². The fourth-order valence-electron chi connectivity index (χ4n) is 3.44. The Morgan fingerprint density at radius 3 is 2.38 bits per heavy atom. The van der Waals surface area contributed by atoms with Crippen molar-refractivity contribution in [2.75, 3.05) is 18.4 Å². The Labute approximate surface area is 153 Å². The van der Waals surface area contributed by atoms with Crippen molar-refractivity contribution in [1.82, 2.24) is 4.90 Å². The van der Waals surface area contributed by atoms with Crippen LogP contribution in [0.3, 0.4) is 0 Å². The number of carbonyl (C=O) groups excluding carboxylic acids is 2. The highest BCUT2D eigenvalue weighted by atomic mass is 19.1. The molecule has 0 radical (unpaired) electrons. The van der Waals surface area contributed by atoms with Gasteiger partial charge in [0.2, 0.25) is 5.91 Å². The summed E-state index contributed by atoms with van der Waals surface area (Å²) in [4.78, 5) is 26.9. The number of nitrogens with zero attached hydrogens (tertiary/aromatic N) is 1. The van der Waals surface area contributed by atoms with Gasteiger partial charge in [0.25, 0.3) is 5.91 Å². The van der Waals surface area contributed by atoms with Crippen LogP contribution < -0.4 is 5.32 Å². The number of benzene rings is 2. The Hall–Kier alpha value is -2.69. The van der Waals surface area contributed by atoms with Crippen LogP contribution in [-0.4, -0.2) is 29.8 Å². The smallest absolute Gasteiger partial charge is 0.253 e. The average Bonchev–Trinajstić information content (AvgIpc) is 2.61. The Morgan fingerprint density at radius 1 is 1.08 bits per heavy atom. The van der Waals surface area contributed by atoms with E-state index in [2.05, 4.69) is 11.4 Å². The largest absolute Gasteiger partial charge is 0.338 e. The van der Waals surface area contributed by atoms with Crippen LogP contribution >= 0.6 is 0 Å². The van der Waals surface area contributed by atoms with Gasteiger partial charge in [0.1, 0.15) is 5.82 Å². The number of halogens is 1. The molecule has 1 N–H and O–H groups in total. The van der Waals surface area contributed by atoms with Gasteiger partial charge in [0.15, 0.2) is 0 Å². The van der Waals surface area contributed by atoms with Gasteiger partial charge in [-0.1, -0.05) is 6.07 Å². The molecule has 3 rings (SSSR count). The molecule has 0 aromatic heterocycles. The summed E-state index contributed by atoms with van der Waals surface area (Å²) in [6.07, 6.45) is 1.53. The minimum absolute atomic E-state index is 0.0633. The molecule has 0 spiro atoms. The minimum atomic E-state index is -0.370. The van der Waals surface area contributed by atoms with Gasteiger partial charge in [0.05, 0.1) is 5.92 Å². The molecule has 2 amide bonds. The second-order valence-electron chi connectivity index (χ2n) is 6.96. The number of aryl methyl sites for hydroxylation is 2. The fraction of sp³-hybridized carbons (Fsp3) is 0.333. The van der Waals surface area contributed by atoms with E-state index in [0.717, 1.165) is 29.7 Å². The van der Waals surface area contributed by atoms with Crippen molar-refractivity contribution in [3.05, 3.63) is 65.0 Å². The van der Waals surface area contributed by atoms with Crippen LogP contribution in [0.1, 0.15) is 34.3 Å². The van der Waals surface area contributed by atoms with E-state index in [1.165, 1.54) is 24.3 Å². The van der Waals surface area contributed by atoms with Crippen molar-refractivity contribution in [3.63, 3.8) is 0 Å². The van der Waals surface area contributed by atoms with Gasteiger partial charge >= 0.3 is 0 Å². The molecule has 0 aliphatic carbocycles. The summed E-state index contributed by atoms with van der Waals surface area (Å²) in [5.74, 6) is -0.833. The van der Waals surface area contributed by atoms with E-state index in [4.69, 9.17) is 0 Å². The summed E-state index contributed by atoms with van der Waals surface area (Å²) >= 11 is 0. The summed E-state index contributed by atoms with van der Waals surface area (Å²) in [5, 5.41) is 2.97. The molecule has 0 saturated carbocycles. The topological polar surface area (TPSA) is 49.4 Å². The number of hydrogen-bond donors (Lipinski definition) is 1. The maximum atomic E-state index is 13.0. The lowest BCUT2D eigenvalue weighted by atomic mass is 9.96. The van der Waals surface area contributed by atoms with Crippen molar-refractivity contribution in [1.29, 1.82) is 0 Å². The molecule has 1 heterocycles. The number of anilines is 1. The SMILES string of the molecule is Cc1cc(C)cc(NC(=O)[C@H]2CCCN(C(=O)c3ccc(F)cc3)C2)c1. The zero-order valence-electron chi connectivity index (χ0n) is 15.1. The normalized spacial score (nSPS) is 17.0. The Kier molecular flexibility index (Phi) is 5.35. The van der Waals surface area contributed by atoms with Crippen molar-refractivity contribution >= 4 is 17.5 Å². The molecule has 1 aliphatic heterocycles. The lowest BCUT2D eigenvalue weighted by Crippen LogP contribution is -2.43. The maximum absolute atomic E-state index is 13.0. The number of likely N-dealkylation sites (tertiary alicyclic amines) is 1. The first-order valence-electron chi connectivity index (χ1n) is 8.86. The molecule has 1 saturated heterocycles. The summed E-state index contributed by atoms with van der Waals surface area (Å²) in [6, 6.07) is 11.5. The number of hydrogen-bond acceptors (Lipinski definition) is 2. The second kappa shape index (κ2) is 7.68. The molecule has 136 valence electrons. The third kappa shape index (κ3) is 4.28. The molecule has 2 aromatic carbocycles. The molecule has 1 fully saturated rings. The van der Waals surface area contributed by atoms with Crippen LogP contribution in [0.25, 0.3) is 0 Å². The minimum Gasteiger partial charge on any atom is -0.338 e. The quantitative estimate of drug-likeness (QED) is 0.908. The van der Waals surface area contributed by atoms with E-state index in [-0.39, 0.29) is 23.5 Å². The predicted molar refractivity (Wildman–Crippen MR) is 99.6 cm³/mol. The van der Waals surface area contributed by atoms with Crippen LogP contribution in [0.4, 0.5) is 10.1 Å². The number of carbonyl (C=O) groups is 2. The highest BCUT2D eigenvalue weighted by Crippen LogP contribution is 2.21. The van der Waals surface area contributed by atoms with Crippen LogP contribution in [0.2, 0.25) is 0 Å². The number of rotatable bonds is 3. The molecular weight excluding hydrogens is 331 g/mol. The lowest BCUT2D eigenvalue weighted by molar-refractivity contribution is -0.121. The van der Waals surface area contributed by atoms with Gasteiger partial charge in [-0.15, -0.1) is 0 Å². The van der Waals surface area contributed by atoms with Gasteiger partial charge < -0.3 is 10.2 Å². The van der Waals surface area contributed by atoms with Gasteiger partial charge in [-0.3, -0.25) is 9.59 Å². The molecule has 26 heavy (non-hydrogen) atoms. The Morgan fingerprint density at radius 2 is 1.73 bits per heavy atom. The third-order valence-electron chi connectivity index (χ3n) is 4.66. The summed E-state index contributed by atoms with van der Waals surface area (Å²) in [5.41, 5.74) is 3.42. The van der Waals surface area contributed by atoms with E-state index in [9.17, 15) is 14.0 Å². The van der Waals surface area contributed by atoms with Gasteiger partial charge in [-0.25, -0.2) is 4.39 Å². The highest BCUT2D eigenvalue weighted by Gasteiger charge is 2.29. The molecule has 0 bridgehead atoms. The zero-order chi connectivity index (χ0) is 18.7. The van der Waals surface area contributed by atoms with Crippen LogP contribution in [0, 0.1) is 25.6 Å². The first-order valence-corrected chi connectivity index (χ1v) is 8.86. The predicted octanol–water partition coefficient (Wildman–Crippen LogP) is 3.93. The Bertz CT molecular complexity index is 797. The van der Waals surface area contributed by atoms with E-state index in [1.807, 2.05) is 26.0 Å². The first-order chi connectivity index (χ1) is 12.4. The van der Waals surface area contributed by atoms with Crippen molar-refractivity contribution in [2.45, 2.75) is 26.7 Å². The van der Waals surface area contributed by atoms with E-state index in [0.29, 0.717) is 18.7 Å². The maximum Gasteiger partial charge on any atom is 0.253 e. The fourth-order valence-corrected chi connectivity index (χ4v) is 3.44. The first kappa shape index (κ1) is 18.1. The monoisotopic (exact) mass is 354 g/mol. The summed E-state index contributed by atoms with van der Waals surface area (Å²) in [7, 11) is 0. The third-order valence-corrected chi connectivity index (χ3v) is 4.66. The van der Waals surface area contributed by atoms with Crippen molar-refractivity contribution in [3.8, 4) is 0 Å². The van der Waals surface area contributed by atoms with Crippen molar-refractivity contribution in [2.24, 2.45) is 5.92 Å². The molecular formula is C21H23FN2O2. The van der Waals surface area contributed by atoms with E-state index >= 15 is 0 Å². The van der Waals surface area contributed by atoms with Crippen LogP contribution in [-0.2, 0) is 4.79 Å². The molecule has 0 unspecified atom stereocenters. The lowest BCUT2D eigenvalue weighted by Gasteiger charge is -2.32. The highest BCUT2D eigenvalue weighted by molar-refractivity contribution is 5.96. The van der Waals surface area contributed by atoms with Gasteiger partial charge in [0, 0.05) is 24.3 Å². The number of nitrogens with one attached hydrogen (secondary N) is 1.